The Morgan fingerprint density at radius 2 is 1.76 bits per heavy atom. The Morgan fingerprint density at radius 3 is 2.48 bits per heavy atom. The van der Waals surface area contributed by atoms with Crippen LogP contribution in [0.25, 0.3) is 11.0 Å². The van der Waals surface area contributed by atoms with Crippen molar-refractivity contribution in [2.75, 3.05) is 0 Å². The molecule has 0 saturated heterocycles. The number of halogens is 2. The zero-order chi connectivity index (χ0) is 15.2. The number of rotatable bonds is 2. The van der Waals surface area contributed by atoms with Gasteiger partial charge < -0.3 is 0 Å². The summed E-state index contributed by atoms with van der Waals surface area (Å²) in [6.45, 7) is 1.65. The van der Waals surface area contributed by atoms with E-state index in [0.717, 1.165) is 0 Å². The molecule has 0 aliphatic carbocycles. The molecule has 0 atom stereocenters. The van der Waals surface area contributed by atoms with Crippen molar-refractivity contribution in [3.63, 3.8) is 0 Å². The highest BCUT2D eigenvalue weighted by atomic mass is 35.5. The van der Waals surface area contributed by atoms with Gasteiger partial charge >= 0.3 is 0 Å². The van der Waals surface area contributed by atoms with Crippen LogP contribution in [0.15, 0.2) is 47.4 Å². The molecule has 0 aliphatic heterocycles. The fourth-order valence-corrected chi connectivity index (χ4v) is 4.05. The third-order valence-electron chi connectivity index (χ3n) is 3.11. The van der Waals surface area contributed by atoms with E-state index >= 15 is 0 Å². The summed E-state index contributed by atoms with van der Waals surface area (Å²) in [6.07, 6.45) is 0. The van der Waals surface area contributed by atoms with E-state index in [4.69, 9.17) is 23.2 Å². The van der Waals surface area contributed by atoms with Gasteiger partial charge in [-0.2, -0.15) is 0 Å². The maximum absolute atomic E-state index is 12.8. The molecule has 0 amide bonds. The normalized spacial score (nSPS) is 12.0. The number of nitrogens with zero attached hydrogens (tertiary/aromatic N) is 2. The van der Waals surface area contributed by atoms with Crippen LogP contribution >= 0.6 is 23.2 Å². The van der Waals surface area contributed by atoms with Gasteiger partial charge in [0.25, 0.3) is 10.0 Å². The number of para-hydroxylation sites is 2. The van der Waals surface area contributed by atoms with E-state index in [1.165, 1.54) is 22.2 Å². The predicted octanol–water partition coefficient (Wildman–Crippen LogP) is 3.89. The Bertz CT molecular complexity index is 949. The topological polar surface area (TPSA) is 52.0 Å². The average molecular weight is 341 g/mol. The molecule has 3 rings (SSSR count). The van der Waals surface area contributed by atoms with E-state index in [1.807, 2.05) is 6.07 Å². The molecule has 0 saturated carbocycles. The first kappa shape index (κ1) is 14.4. The van der Waals surface area contributed by atoms with Gasteiger partial charge in [-0.05, 0) is 37.3 Å². The standard InChI is InChI=1S/C14H10Cl2N2O2S/c1-9-17-13-4-2-3-5-14(13)18(9)21(19,20)10-6-7-11(15)12(16)8-10/h2-8H,1H3. The van der Waals surface area contributed by atoms with Crippen LogP contribution in [-0.2, 0) is 10.0 Å². The van der Waals surface area contributed by atoms with Crippen molar-refractivity contribution in [3.8, 4) is 0 Å². The van der Waals surface area contributed by atoms with E-state index in [1.54, 1.807) is 25.1 Å². The first-order chi connectivity index (χ1) is 9.91. The fraction of sp³-hybridized carbons (Fsp3) is 0.0714. The summed E-state index contributed by atoms with van der Waals surface area (Å²) in [5.74, 6) is 0.391. The molecule has 3 aromatic rings. The summed E-state index contributed by atoms with van der Waals surface area (Å²) in [6, 6.07) is 11.3. The predicted molar refractivity (Wildman–Crippen MR) is 83.5 cm³/mol. The van der Waals surface area contributed by atoms with Crippen LogP contribution in [0.5, 0.6) is 0 Å². The lowest BCUT2D eigenvalue weighted by Gasteiger charge is -2.09. The maximum Gasteiger partial charge on any atom is 0.269 e. The number of imidazole rings is 1. The lowest BCUT2D eigenvalue weighted by Crippen LogP contribution is -2.14. The molecule has 0 unspecified atom stereocenters. The van der Waals surface area contributed by atoms with Crippen LogP contribution < -0.4 is 0 Å². The third kappa shape index (κ3) is 2.31. The van der Waals surface area contributed by atoms with Gasteiger partial charge in [0.1, 0.15) is 5.82 Å². The lowest BCUT2D eigenvalue weighted by molar-refractivity contribution is 0.587. The molecular weight excluding hydrogens is 331 g/mol. The van der Waals surface area contributed by atoms with Gasteiger partial charge in [-0.25, -0.2) is 17.4 Å². The molecule has 108 valence electrons. The molecule has 0 aliphatic rings. The molecule has 2 aromatic carbocycles. The molecule has 7 heteroatoms. The van der Waals surface area contributed by atoms with Crippen LogP contribution in [-0.4, -0.2) is 17.4 Å². The second-order valence-electron chi connectivity index (χ2n) is 4.49. The largest absolute Gasteiger partial charge is 0.269 e. The minimum absolute atomic E-state index is 0.0724. The van der Waals surface area contributed by atoms with Crippen molar-refractivity contribution in [1.29, 1.82) is 0 Å². The van der Waals surface area contributed by atoms with Crippen molar-refractivity contribution in [2.24, 2.45) is 0 Å². The summed E-state index contributed by atoms with van der Waals surface area (Å²) < 4.78 is 26.8. The zero-order valence-electron chi connectivity index (χ0n) is 10.9. The molecule has 21 heavy (non-hydrogen) atoms. The van der Waals surface area contributed by atoms with Gasteiger partial charge in [0, 0.05) is 0 Å². The quantitative estimate of drug-likeness (QED) is 0.711. The molecule has 1 heterocycles. The third-order valence-corrected chi connectivity index (χ3v) is 5.64. The molecule has 4 nitrogen and oxygen atoms in total. The van der Waals surface area contributed by atoms with Crippen molar-refractivity contribution >= 4 is 44.3 Å². The van der Waals surface area contributed by atoms with Gasteiger partial charge in [0.15, 0.2) is 0 Å². The summed E-state index contributed by atoms with van der Waals surface area (Å²) in [4.78, 5) is 4.34. The van der Waals surface area contributed by atoms with E-state index in [2.05, 4.69) is 4.98 Å². The highest BCUT2D eigenvalue weighted by Gasteiger charge is 2.23. The molecule has 0 bridgehead atoms. The molecule has 1 aromatic heterocycles. The summed E-state index contributed by atoms with van der Waals surface area (Å²) >= 11 is 11.8. The smallest absolute Gasteiger partial charge is 0.232 e. The second-order valence-corrected chi connectivity index (χ2v) is 7.09. The monoisotopic (exact) mass is 340 g/mol. The van der Waals surface area contributed by atoms with Crippen LogP contribution in [0.1, 0.15) is 5.82 Å². The van der Waals surface area contributed by atoms with Gasteiger partial charge in [0.2, 0.25) is 0 Å². The Balaban J connectivity index is 2.30. The Hall–Kier alpha value is -1.56. The van der Waals surface area contributed by atoms with E-state index in [-0.39, 0.29) is 9.92 Å². The number of fused-ring (bicyclic) bond motifs is 1. The molecule has 0 N–H and O–H groups in total. The Labute approximate surface area is 132 Å². The first-order valence-electron chi connectivity index (χ1n) is 6.06. The molecular formula is C14H10Cl2N2O2S. The lowest BCUT2D eigenvalue weighted by atomic mass is 10.3. The minimum Gasteiger partial charge on any atom is -0.232 e. The van der Waals surface area contributed by atoms with Crippen LogP contribution in [0.3, 0.4) is 0 Å². The SMILES string of the molecule is Cc1nc2ccccc2n1S(=O)(=O)c1ccc(Cl)c(Cl)c1. The van der Waals surface area contributed by atoms with Gasteiger partial charge in [-0.15, -0.1) is 0 Å². The summed E-state index contributed by atoms with van der Waals surface area (Å²) in [7, 11) is -3.78. The van der Waals surface area contributed by atoms with Gasteiger partial charge in [0.05, 0.1) is 26.0 Å². The second kappa shape index (κ2) is 5.02. The highest BCUT2D eigenvalue weighted by molar-refractivity contribution is 7.90. The van der Waals surface area contributed by atoms with Crippen LogP contribution in [0.4, 0.5) is 0 Å². The van der Waals surface area contributed by atoms with Crippen LogP contribution in [0, 0.1) is 6.92 Å². The number of hydrogen-bond donors (Lipinski definition) is 0. The summed E-state index contributed by atoms with van der Waals surface area (Å²) in [5, 5.41) is 0.502. The van der Waals surface area contributed by atoms with Crippen molar-refractivity contribution in [2.45, 2.75) is 11.8 Å². The van der Waals surface area contributed by atoms with E-state index in [9.17, 15) is 8.42 Å². The number of hydrogen-bond acceptors (Lipinski definition) is 3. The number of benzene rings is 2. The van der Waals surface area contributed by atoms with Gasteiger partial charge in [-0.3, -0.25) is 0 Å². The average Bonchev–Trinajstić information content (AvgIpc) is 2.78. The van der Waals surface area contributed by atoms with E-state index < -0.39 is 10.0 Å². The van der Waals surface area contributed by atoms with Crippen molar-refractivity contribution < 1.29 is 8.42 Å². The Kier molecular flexibility index (Phi) is 3.43. The van der Waals surface area contributed by atoms with Crippen molar-refractivity contribution in [1.82, 2.24) is 8.96 Å². The molecule has 0 radical (unpaired) electrons. The molecule has 0 spiro atoms. The van der Waals surface area contributed by atoms with E-state index in [0.29, 0.717) is 21.9 Å². The number of aromatic nitrogens is 2. The van der Waals surface area contributed by atoms with Gasteiger partial charge in [-0.1, -0.05) is 35.3 Å². The first-order valence-corrected chi connectivity index (χ1v) is 8.25. The Morgan fingerprint density at radius 1 is 1.05 bits per heavy atom. The fourth-order valence-electron chi connectivity index (χ4n) is 2.17. The van der Waals surface area contributed by atoms with Crippen molar-refractivity contribution in [3.05, 3.63) is 58.3 Å². The summed E-state index contributed by atoms with van der Waals surface area (Å²) in [5.41, 5.74) is 1.15. The highest BCUT2D eigenvalue weighted by Crippen LogP contribution is 2.28. The minimum atomic E-state index is -3.78. The maximum atomic E-state index is 12.8. The number of aryl methyl sites for hydroxylation is 1. The van der Waals surface area contributed by atoms with Crippen LogP contribution in [0.2, 0.25) is 10.0 Å². The molecule has 0 fully saturated rings. The zero-order valence-corrected chi connectivity index (χ0v) is 13.2.